The molecule has 1 amide bonds. The molecule has 0 saturated carbocycles. The number of nitrogens with one attached hydrogen (secondary N) is 1. The molecule has 0 heterocycles. The molecule has 9 heteroatoms. The topological polar surface area (TPSA) is 125 Å². The predicted molar refractivity (Wildman–Crippen MR) is 160 cm³/mol. The maximum absolute atomic E-state index is 13.6. The lowest BCUT2D eigenvalue weighted by Crippen LogP contribution is -2.51. The summed E-state index contributed by atoms with van der Waals surface area (Å²) in [6.45, 7) is 5.82. The molecule has 2 atom stereocenters. The number of aryl methyl sites for hydroxylation is 1. The minimum absolute atomic E-state index is 0.0287. The van der Waals surface area contributed by atoms with E-state index >= 15 is 0 Å². The Kier molecular flexibility index (Phi) is 11.0. The molecule has 0 radical (unpaired) electrons. The fourth-order valence-corrected chi connectivity index (χ4v) is 6.06. The molecule has 0 aromatic heterocycles. The summed E-state index contributed by atoms with van der Waals surface area (Å²) in [6.07, 6.45) is -0.749. The molecule has 3 rings (SSSR count). The molecule has 0 aliphatic heterocycles. The Hall–Kier alpha value is -3.53. The van der Waals surface area contributed by atoms with Crippen LogP contribution in [-0.4, -0.2) is 61.9 Å². The van der Waals surface area contributed by atoms with E-state index in [4.69, 9.17) is 5.73 Å². The number of hydrogen-bond acceptors (Lipinski definition) is 5. The van der Waals surface area contributed by atoms with Crippen molar-refractivity contribution < 1.29 is 18.3 Å². The molecule has 0 spiro atoms. The van der Waals surface area contributed by atoms with Crippen molar-refractivity contribution in [2.75, 3.05) is 20.1 Å². The largest absolute Gasteiger partial charge is 0.390 e. The lowest BCUT2D eigenvalue weighted by atomic mass is 10.00. The van der Waals surface area contributed by atoms with Gasteiger partial charge in [-0.15, -0.1) is 0 Å². The minimum atomic E-state index is -3.87. The van der Waals surface area contributed by atoms with Gasteiger partial charge in [-0.3, -0.25) is 9.79 Å². The van der Waals surface area contributed by atoms with Crippen LogP contribution < -0.4 is 11.1 Å². The second kappa shape index (κ2) is 14.2. The summed E-state index contributed by atoms with van der Waals surface area (Å²) >= 11 is 0. The Balaban J connectivity index is 1.84. The number of aliphatic imine (C=N–C) groups is 1. The molecular weight excluding hydrogens is 524 g/mol. The van der Waals surface area contributed by atoms with Crippen molar-refractivity contribution in [3.63, 3.8) is 0 Å². The normalized spacial score (nSPS) is 13.8. The van der Waals surface area contributed by atoms with E-state index in [2.05, 4.69) is 10.3 Å². The summed E-state index contributed by atoms with van der Waals surface area (Å²) in [6, 6.07) is 22.7. The summed E-state index contributed by atoms with van der Waals surface area (Å²) < 4.78 is 28.5. The van der Waals surface area contributed by atoms with E-state index in [-0.39, 0.29) is 36.2 Å². The van der Waals surface area contributed by atoms with Gasteiger partial charge in [0.25, 0.3) is 0 Å². The average Bonchev–Trinajstić information content (AvgIpc) is 2.92. The highest BCUT2D eigenvalue weighted by Gasteiger charge is 2.31. The van der Waals surface area contributed by atoms with Crippen LogP contribution in [0.15, 0.2) is 88.8 Å². The lowest BCUT2D eigenvalue weighted by Gasteiger charge is -2.31. The Morgan fingerprint density at radius 2 is 1.62 bits per heavy atom. The average molecular weight is 565 g/mol. The van der Waals surface area contributed by atoms with E-state index in [1.807, 2.05) is 75.4 Å². The molecule has 214 valence electrons. The van der Waals surface area contributed by atoms with Crippen molar-refractivity contribution in [1.29, 1.82) is 0 Å². The first kappa shape index (κ1) is 31.0. The van der Waals surface area contributed by atoms with Gasteiger partial charge in [0.1, 0.15) is 5.84 Å². The first-order valence-corrected chi connectivity index (χ1v) is 14.8. The molecule has 0 unspecified atom stereocenters. The van der Waals surface area contributed by atoms with Crippen LogP contribution in [-0.2, 0) is 27.7 Å². The van der Waals surface area contributed by atoms with E-state index in [0.29, 0.717) is 12.3 Å². The maximum atomic E-state index is 13.6. The second-order valence-corrected chi connectivity index (χ2v) is 12.4. The standard InChI is InChI=1S/C31H40N4O4S/c1-22(2)20-35(40(38,39)27-15-13-23(3)14-16-27)21-29(36)28(18-24-9-6-5-7-10-24)34-30(37)19-25-11-8-12-26(17-25)31(32)33-4/h5-17,22,28-29,36H,18-21H2,1-4H3,(H2,32,33)(H,34,37)/t28-,29+/m0/s1. The smallest absolute Gasteiger partial charge is 0.243 e. The number of nitrogens with zero attached hydrogens (tertiary/aromatic N) is 2. The molecule has 3 aromatic rings. The van der Waals surface area contributed by atoms with Gasteiger partial charge in [0.05, 0.1) is 23.5 Å². The van der Waals surface area contributed by atoms with Crippen LogP contribution in [0.5, 0.6) is 0 Å². The lowest BCUT2D eigenvalue weighted by molar-refractivity contribution is -0.122. The van der Waals surface area contributed by atoms with E-state index in [9.17, 15) is 18.3 Å². The summed E-state index contributed by atoms with van der Waals surface area (Å²) in [5.74, 6) is 0.113. The first-order chi connectivity index (χ1) is 19.0. The van der Waals surface area contributed by atoms with Crippen LogP contribution in [0.1, 0.15) is 36.1 Å². The zero-order valence-electron chi connectivity index (χ0n) is 23.6. The molecule has 40 heavy (non-hydrogen) atoms. The molecule has 4 N–H and O–H groups in total. The van der Waals surface area contributed by atoms with Gasteiger partial charge in [0, 0.05) is 25.7 Å². The van der Waals surface area contributed by atoms with Gasteiger partial charge >= 0.3 is 0 Å². The number of aliphatic hydroxyl groups excluding tert-OH is 1. The van der Waals surface area contributed by atoms with E-state index < -0.39 is 22.2 Å². The third-order valence-electron chi connectivity index (χ3n) is 6.56. The molecule has 0 fully saturated rings. The van der Waals surface area contributed by atoms with Crippen molar-refractivity contribution in [2.45, 2.75) is 50.7 Å². The highest BCUT2D eigenvalue weighted by molar-refractivity contribution is 7.89. The van der Waals surface area contributed by atoms with Crippen molar-refractivity contribution in [2.24, 2.45) is 16.6 Å². The third-order valence-corrected chi connectivity index (χ3v) is 8.40. The number of aliphatic hydroxyl groups is 1. The van der Waals surface area contributed by atoms with Gasteiger partial charge in [0.2, 0.25) is 15.9 Å². The van der Waals surface area contributed by atoms with Crippen LogP contribution in [0.3, 0.4) is 0 Å². The van der Waals surface area contributed by atoms with Crippen LogP contribution in [0, 0.1) is 12.8 Å². The van der Waals surface area contributed by atoms with E-state index in [1.165, 1.54) is 4.31 Å². The van der Waals surface area contributed by atoms with E-state index in [0.717, 1.165) is 22.3 Å². The zero-order chi connectivity index (χ0) is 29.3. The van der Waals surface area contributed by atoms with Crippen LogP contribution >= 0.6 is 0 Å². The van der Waals surface area contributed by atoms with Gasteiger partial charge in [-0.05, 0) is 48.6 Å². The van der Waals surface area contributed by atoms with Crippen LogP contribution in [0.2, 0.25) is 0 Å². The number of carbonyl (C=O) groups excluding carboxylic acids is 1. The number of amidine groups is 1. The number of carbonyl (C=O) groups is 1. The molecule has 3 aromatic carbocycles. The SMILES string of the molecule is CN=C(N)c1cccc(CC(=O)N[C@@H](Cc2ccccc2)[C@H](O)CN(CC(C)C)S(=O)(=O)c2ccc(C)cc2)c1. The van der Waals surface area contributed by atoms with Crippen molar-refractivity contribution in [3.8, 4) is 0 Å². The number of amides is 1. The van der Waals surface area contributed by atoms with Crippen LogP contribution in [0.4, 0.5) is 0 Å². The fourth-order valence-electron chi connectivity index (χ4n) is 4.44. The Bertz CT molecular complexity index is 1390. The Morgan fingerprint density at radius 1 is 0.975 bits per heavy atom. The van der Waals surface area contributed by atoms with Gasteiger partial charge in [-0.2, -0.15) is 4.31 Å². The predicted octanol–water partition coefficient (Wildman–Crippen LogP) is 3.31. The summed E-state index contributed by atoms with van der Waals surface area (Å²) in [7, 11) is -2.27. The van der Waals surface area contributed by atoms with Crippen molar-refractivity contribution in [3.05, 3.63) is 101 Å². The first-order valence-electron chi connectivity index (χ1n) is 13.4. The third kappa shape index (κ3) is 8.74. The number of rotatable bonds is 13. The van der Waals surface area contributed by atoms with Gasteiger partial charge in [-0.25, -0.2) is 8.42 Å². The maximum Gasteiger partial charge on any atom is 0.243 e. The number of sulfonamides is 1. The summed E-state index contributed by atoms with van der Waals surface area (Å²) in [5, 5.41) is 14.4. The summed E-state index contributed by atoms with van der Waals surface area (Å²) in [5.41, 5.74) is 9.27. The number of hydrogen-bond donors (Lipinski definition) is 3. The van der Waals surface area contributed by atoms with Gasteiger partial charge < -0.3 is 16.2 Å². The monoisotopic (exact) mass is 564 g/mol. The zero-order valence-corrected chi connectivity index (χ0v) is 24.4. The molecule has 0 aliphatic rings. The quantitative estimate of drug-likeness (QED) is 0.217. The molecular formula is C31H40N4O4S. The highest BCUT2D eigenvalue weighted by Crippen LogP contribution is 2.20. The van der Waals surface area contributed by atoms with Crippen molar-refractivity contribution in [1.82, 2.24) is 9.62 Å². The Morgan fingerprint density at radius 3 is 2.25 bits per heavy atom. The second-order valence-electron chi connectivity index (χ2n) is 10.4. The fraction of sp³-hybridized carbons (Fsp3) is 0.355. The highest BCUT2D eigenvalue weighted by atomic mass is 32.2. The van der Waals surface area contributed by atoms with Gasteiger partial charge in [-0.1, -0.05) is 80.1 Å². The minimum Gasteiger partial charge on any atom is -0.390 e. The van der Waals surface area contributed by atoms with E-state index in [1.54, 1.807) is 31.3 Å². The Labute approximate surface area is 238 Å². The van der Waals surface area contributed by atoms with Gasteiger partial charge in [0.15, 0.2) is 0 Å². The number of nitrogens with two attached hydrogens (primary N) is 1. The molecule has 8 nitrogen and oxygen atoms in total. The molecule has 0 bridgehead atoms. The molecule has 0 aliphatic carbocycles. The number of benzene rings is 3. The molecule has 0 saturated heterocycles. The van der Waals surface area contributed by atoms with Crippen molar-refractivity contribution >= 4 is 21.8 Å². The van der Waals surface area contributed by atoms with Crippen LogP contribution in [0.25, 0.3) is 0 Å². The summed E-state index contributed by atoms with van der Waals surface area (Å²) in [4.78, 5) is 17.3.